The molecule has 1 aromatic rings. The molecule has 1 saturated carbocycles. The Morgan fingerprint density at radius 1 is 1.44 bits per heavy atom. The second-order valence-electron chi connectivity index (χ2n) is 4.79. The van der Waals surface area contributed by atoms with Gasteiger partial charge >= 0.3 is 0 Å². The highest BCUT2D eigenvalue weighted by Crippen LogP contribution is 2.26. The lowest BCUT2D eigenvalue weighted by molar-refractivity contribution is 0.0562. The van der Waals surface area contributed by atoms with Crippen molar-refractivity contribution in [2.75, 3.05) is 18.9 Å². The summed E-state index contributed by atoms with van der Waals surface area (Å²) in [5.74, 6) is 0.0282. The van der Waals surface area contributed by atoms with Crippen LogP contribution in [0.5, 0.6) is 0 Å². The quantitative estimate of drug-likeness (QED) is 0.779. The van der Waals surface area contributed by atoms with E-state index in [9.17, 15) is 4.79 Å². The summed E-state index contributed by atoms with van der Waals surface area (Å²) in [6, 6.07) is 7.42. The van der Waals surface area contributed by atoms with Crippen LogP contribution in [0.1, 0.15) is 36.0 Å². The van der Waals surface area contributed by atoms with Crippen LogP contribution in [0.25, 0.3) is 0 Å². The number of carbonyl (C=O) groups is 1. The largest absolute Gasteiger partial charge is 0.399 e. The number of carbonyl (C=O) groups excluding carboxylic acids is 1. The summed E-state index contributed by atoms with van der Waals surface area (Å²) in [6.45, 7) is 0.738. The van der Waals surface area contributed by atoms with Gasteiger partial charge in [-0.05, 0) is 43.9 Å². The topological polar surface area (TPSA) is 66.6 Å². The standard InChI is InChI=1S/C14H20N2O2/c15-12-5-1-4-11(10-12)14(18)16(8-3-9-17)13-6-2-7-13/h1,4-5,10,13,17H,2-3,6-9,15H2. The van der Waals surface area contributed by atoms with Crippen molar-refractivity contribution in [1.29, 1.82) is 0 Å². The molecule has 4 nitrogen and oxygen atoms in total. The summed E-state index contributed by atoms with van der Waals surface area (Å²) in [4.78, 5) is 14.3. The summed E-state index contributed by atoms with van der Waals surface area (Å²) < 4.78 is 0. The fourth-order valence-electron chi connectivity index (χ4n) is 2.23. The Balaban J connectivity index is 2.11. The van der Waals surface area contributed by atoms with Gasteiger partial charge < -0.3 is 15.7 Å². The van der Waals surface area contributed by atoms with Gasteiger partial charge in [-0.1, -0.05) is 6.07 Å². The highest BCUT2D eigenvalue weighted by molar-refractivity contribution is 5.95. The van der Waals surface area contributed by atoms with Crippen LogP contribution in [0, 0.1) is 0 Å². The van der Waals surface area contributed by atoms with E-state index in [2.05, 4.69) is 0 Å². The average Bonchev–Trinajstić information content (AvgIpc) is 2.31. The van der Waals surface area contributed by atoms with Gasteiger partial charge in [-0.2, -0.15) is 0 Å². The number of hydrogen-bond acceptors (Lipinski definition) is 3. The number of aliphatic hydroxyl groups excluding tert-OH is 1. The predicted molar refractivity (Wildman–Crippen MR) is 71.2 cm³/mol. The minimum Gasteiger partial charge on any atom is -0.399 e. The van der Waals surface area contributed by atoms with Crippen LogP contribution in [0.15, 0.2) is 24.3 Å². The molecule has 0 atom stereocenters. The zero-order valence-corrected chi connectivity index (χ0v) is 10.5. The van der Waals surface area contributed by atoms with Gasteiger partial charge in [0, 0.05) is 30.4 Å². The Kier molecular flexibility index (Phi) is 4.20. The zero-order chi connectivity index (χ0) is 13.0. The first-order chi connectivity index (χ1) is 8.72. The van der Waals surface area contributed by atoms with Crippen molar-refractivity contribution in [2.24, 2.45) is 0 Å². The summed E-state index contributed by atoms with van der Waals surface area (Å²) >= 11 is 0. The Labute approximate surface area is 107 Å². The van der Waals surface area contributed by atoms with Gasteiger partial charge in [-0.3, -0.25) is 4.79 Å². The molecule has 4 heteroatoms. The number of nitrogen functional groups attached to an aromatic ring is 1. The number of hydrogen-bond donors (Lipinski definition) is 2. The molecular weight excluding hydrogens is 228 g/mol. The molecule has 1 aliphatic carbocycles. The minimum absolute atomic E-state index is 0.0282. The Morgan fingerprint density at radius 3 is 2.78 bits per heavy atom. The Hall–Kier alpha value is -1.55. The molecule has 1 aromatic carbocycles. The molecule has 0 aliphatic heterocycles. The number of amides is 1. The lowest BCUT2D eigenvalue weighted by atomic mass is 9.90. The van der Waals surface area contributed by atoms with E-state index in [0.29, 0.717) is 30.3 Å². The van der Waals surface area contributed by atoms with Gasteiger partial charge in [0.1, 0.15) is 0 Å². The lowest BCUT2D eigenvalue weighted by Crippen LogP contribution is -2.45. The molecule has 2 rings (SSSR count). The van der Waals surface area contributed by atoms with Crippen LogP contribution < -0.4 is 5.73 Å². The number of benzene rings is 1. The van der Waals surface area contributed by atoms with E-state index in [1.165, 1.54) is 6.42 Å². The fourth-order valence-corrected chi connectivity index (χ4v) is 2.23. The molecule has 1 aliphatic rings. The summed E-state index contributed by atoms with van der Waals surface area (Å²) in [5.41, 5.74) is 6.96. The van der Waals surface area contributed by atoms with E-state index < -0.39 is 0 Å². The third-order valence-electron chi connectivity index (χ3n) is 3.47. The first-order valence-electron chi connectivity index (χ1n) is 6.49. The van der Waals surface area contributed by atoms with E-state index in [4.69, 9.17) is 10.8 Å². The molecule has 98 valence electrons. The first kappa shape index (κ1) is 12.9. The Morgan fingerprint density at radius 2 is 2.22 bits per heavy atom. The second kappa shape index (κ2) is 5.87. The molecule has 0 bridgehead atoms. The molecule has 0 radical (unpaired) electrons. The van der Waals surface area contributed by atoms with E-state index in [1.54, 1.807) is 24.3 Å². The van der Waals surface area contributed by atoms with Gasteiger partial charge in [-0.15, -0.1) is 0 Å². The summed E-state index contributed by atoms with van der Waals surface area (Å²) in [5, 5.41) is 8.93. The number of rotatable bonds is 5. The van der Waals surface area contributed by atoms with Crippen molar-refractivity contribution in [2.45, 2.75) is 31.7 Å². The van der Waals surface area contributed by atoms with Crippen LogP contribution in [0.3, 0.4) is 0 Å². The van der Waals surface area contributed by atoms with Gasteiger partial charge in [0.25, 0.3) is 5.91 Å². The second-order valence-corrected chi connectivity index (χ2v) is 4.79. The fraction of sp³-hybridized carbons (Fsp3) is 0.500. The van der Waals surface area contributed by atoms with Crippen LogP contribution in [-0.2, 0) is 0 Å². The molecular formula is C14H20N2O2. The van der Waals surface area contributed by atoms with Crippen molar-refractivity contribution in [3.63, 3.8) is 0 Å². The predicted octanol–water partition coefficient (Wildman–Crippen LogP) is 1.65. The monoisotopic (exact) mass is 248 g/mol. The van der Waals surface area contributed by atoms with Crippen LogP contribution >= 0.6 is 0 Å². The van der Waals surface area contributed by atoms with Gasteiger partial charge in [0.05, 0.1) is 0 Å². The van der Waals surface area contributed by atoms with Gasteiger partial charge in [0.2, 0.25) is 0 Å². The third kappa shape index (κ3) is 2.82. The molecule has 0 saturated heterocycles. The molecule has 0 heterocycles. The van der Waals surface area contributed by atoms with E-state index in [-0.39, 0.29) is 12.5 Å². The van der Waals surface area contributed by atoms with Crippen LogP contribution in [-0.4, -0.2) is 35.1 Å². The maximum atomic E-state index is 12.4. The van der Waals surface area contributed by atoms with Crippen molar-refractivity contribution >= 4 is 11.6 Å². The number of nitrogens with zero attached hydrogens (tertiary/aromatic N) is 1. The molecule has 3 N–H and O–H groups in total. The highest BCUT2D eigenvalue weighted by Gasteiger charge is 2.28. The zero-order valence-electron chi connectivity index (χ0n) is 10.5. The third-order valence-corrected chi connectivity index (χ3v) is 3.47. The van der Waals surface area contributed by atoms with Crippen molar-refractivity contribution in [1.82, 2.24) is 4.90 Å². The number of anilines is 1. The van der Waals surface area contributed by atoms with Crippen LogP contribution in [0.2, 0.25) is 0 Å². The van der Waals surface area contributed by atoms with Crippen molar-refractivity contribution in [3.05, 3.63) is 29.8 Å². The minimum atomic E-state index is 0.0282. The smallest absolute Gasteiger partial charge is 0.254 e. The molecule has 1 amide bonds. The van der Waals surface area contributed by atoms with Gasteiger partial charge in [-0.25, -0.2) is 0 Å². The maximum Gasteiger partial charge on any atom is 0.254 e. The summed E-state index contributed by atoms with van der Waals surface area (Å²) in [6.07, 6.45) is 3.95. The maximum absolute atomic E-state index is 12.4. The normalized spacial score (nSPS) is 15.2. The molecule has 0 spiro atoms. The highest BCUT2D eigenvalue weighted by atomic mass is 16.3. The van der Waals surface area contributed by atoms with E-state index >= 15 is 0 Å². The van der Waals surface area contributed by atoms with E-state index in [0.717, 1.165) is 12.8 Å². The van der Waals surface area contributed by atoms with E-state index in [1.807, 2.05) is 4.90 Å². The number of nitrogens with two attached hydrogens (primary N) is 1. The van der Waals surface area contributed by atoms with Crippen LogP contribution in [0.4, 0.5) is 5.69 Å². The molecule has 18 heavy (non-hydrogen) atoms. The van der Waals surface area contributed by atoms with Crippen molar-refractivity contribution in [3.8, 4) is 0 Å². The molecule has 1 fully saturated rings. The van der Waals surface area contributed by atoms with Crippen molar-refractivity contribution < 1.29 is 9.90 Å². The first-order valence-corrected chi connectivity index (χ1v) is 6.49. The summed E-state index contributed by atoms with van der Waals surface area (Å²) in [7, 11) is 0. The number of aliphatic hydroxyl groups is 1. The molecule has 0 aromatic heterocycles. The van der Waals surface area contributed by atoms with Gasteiger partial charge in [0.15, 0.2) is 0 Å². The molecule has 0 unspecified atom stereocenters. The lowest BCUT2D eigenvalue weighted by Gasteiger charge is -2.37. The average molecular weight is 248 g/mol. The SMILES string of the molecule is Nc1cccc(C(=O)N(CCCO)C2CCC2)c1. The Bertz CT molecular complexity index is 416.